The second-order valence-corrected chi connectivity index (χ2v) is 7.98. The van der Waals surface area contributed by atoms with Crippen LogP contribution in [0.2, 0.25) is 0 Å². The number of hydrogen-bond acceptors (Lipinski definition) is 3. The lowest BCUT2D eigenvalue weighted by Gasteiger charge is -2.39. The summed E-state index contributed by atoms with van der Waals surface area (Å²) in [5.41, 5.74) is 5.39. The van der Waals surface area contributed by atoms with E-state index in [1.54, 1.807) is 0 Å². The average Bonchev–Trinajstić information content (AvgIpc) is 2.78. The van der Waals surface area contributed by atoms with Crippen LogP contribution >= 0.6 is 0 Å². The summed E-state index contributed by atoms with van der Waals surface area (Å²) >= 11 is 0. The van der Waals surface area contributed by atoms with Crippen LogP contribution in [-0.2, 0) is 4.79 Å². The predicted octanol–water partition coefficient (Wildman–Crippen LogP) is 4.81. The molecule has 1 N–H and O–H groups in total. The van der Waals surface area contributed by atoms with E-state index in [4.69, 9.17) is 0 Å². The normalized spacial score (nSPS) is 15.6. The van der Waals surface area contributed by atoms with E-state index in [-0.39, 0.29) is 11.9 Å². The van der Waals surface area contributed by atoms with Gasteiger partial charge >= 0.3 is 0 Å². The number of nitrogens with one attached hydrogen (secondary N) is 1. The monoisotopic (exact) mass is 399 g/mol. The number of para-hydroxylation sites is 1. The van der Waals surface area contributed by atoms with Crippen molar-refractivity contribution in [3.63, 3.8) is 0 Å². The van der Waals surface area contributed by atoms with E-state index in [1.165, 1.54) is 5.69 Å². The highest BCUT2D eigenvalue weighted by atomic mass is 16.2. The standard InChI is InChI=1S/C26H29N3O/c1-20-13-14-21(2)24(19-20)27-26(30)25(22-9-5-3-6-10-22)29-17-15-28(16-18-29)23-11-7-4-8-12-23/h3-14,19,25H,15-18H2,1-2H3,(H,27,30)/t25-/m0/s1. The van der Waals surface area contributed by atoms with Crippen LogP contribution in [0.3, 0.4) is 0 Å². The Labute approximate surface area is 179 Å². The largest absolute Gasteiger partial charge is 0.369 e. The number of rotatable bonds is 5. The summed E-state index contributed by atoms with van der Waals surface area (Å²) in [6.07, 6.45) is 0. The Bertz CT molecular complexity index is 980. The number of amides is 1. The third kappa shape index (κ3) is 4.55. The van der Waals surface area contributed by atoms with E-state index >= 15 is 0 Å². The van der Waals surface area contributed by atoms with Crippen molar-refractivity contribution < 1.29 is 4.79 Å². The molecule has 0 aromatic heterocycles. The Kier molecular flexibility index (Phi) is 6.15. The van der Waals surface area contributed by atoms with Gasteiger partial charge in [-0.15, -0.1) is 0 Å². The molecule has 3 aromatic rings. The second-order valence-electron chi connectivity index (χ2n) is 7.98. The molecule has 4 nitrogen and oxygen atoms in total. The van der Waals surface area contributed by atoms with Crippen molar-refractivity contribution >= 4 is 17.3 Å². The summed E-state index contributed by atoms with van der Waals surface area (Å²) in [6.45, 7) is 7.58. The van der Waals surface area contributed by atoms with E-state index in [9.17, 15) is 4.79 Å². The van der Waals surface area contributed by atoms with Gasteiger partial charge in [0, 0.05) is 37.6 Å². The second kappa shape index (κ2) is 9.14. The van der Waals surface area contributed by atoms with Gasteiger partial charge in [0.1, 0.15) is 6.04 Å². The third-order valence-corrected chi connectivity index (χ3v) is 5.82. The molecule has 1 fully saturated rings. The molecule has 0 aliphatic carbocycles. The number of carbonyl (C=O) groups is 1. The van der Waals surface area contributed by atoms with Gasteiger partial charge < -0.3 is 10.2 Å². The molecule has 1 heterocycles. The van der Waals surface area contributed by atoms with Gasteiger partial charge in [-0.2, -0.15) is 0 Å². The fraction of sp³-hybridized carbons (Fsp3) is 0.269. The summed E-state index contributed by atoms with van der Waals surface area (Å²) in [6, 6.07) is 26.5. The maximum Gasteiger partial charge on any atom is 0.246 e. The van der Waals surface area contributed by atoms with Gasteiger partial charge in [-0.3, -0.25) is 9.69 Å². The molecule has 0 bridgehead atoms. The fourth-order valence-corrected chi connectivity index (χ4v) is 4.11. The minimum Gasteiger partial charge on any atom is -0.369 e. The first-order valence-corrected chi connectivity index (χ1v) is 10.6. The molecule has 1 aliphatic heterocycles. The Morgan fingerprint density at radius 3 is 2.13 bits per heavy atom. The van der Waals surface area contributed by atoms with Crippen molar-refractivity contribution in [2.24, 2.45) is 0 Å². The lowest BCUT2D eigenvalue weighted by atomic mass is 10.0. The van der Waals surface area contributed by atoms with Gasteiger partial charge in [-0.25, -0.2) is 0 Å². The highest BCUT2D eigenvalue weighted by Crippen LogP contribution is 2.27. The molecule has 0 unspecified atom stereocenters. The maximum atomic E-state index is 13.5. The third-order valence-electron chi connectivity index (χ3n) is 5.82. The Morgan fingerprint density at radius 2 is 1.47 bits per heavy atom. The van der Waals surface area contributed by atoms with Crippen LogP contribution in [0.5, 0.6) is 0 Å². The van der Waals surface area contributed by atoms with Crippen molar-refractivity contribution in [1.82, 2.24) is 4.90 Å². The highest BCUT2D eigenvalue weighted by Gasteiger charge is 2.30. The van der Waals surface area contributed by atoms with Crippen molar-refractivity contribution in [3.05, 3.63) is 95.6 Å². The molecule has 1 atom stereocenters. The minimum absolute atomic E-state index is 0.0306. The summed E-state index contributed by atoms with van der Waals surface area (Å²) < 4.78 is 0. The average molecular weight is 400 g/mol. The Hall–Kier alpha value is -3.11. The molecule has 1 saturated heterocycles. The molecule has 154 valence electrons. The van der Waals surface area contributed by atoms with Crippen LogP contribution in [0.4, 0.5) is 11.4 Å². The number of carbonyl (C=O) groups excluding carboxylic acids is 1. The molecule has 3 aromatic carbocycles. The number of anilines is 2. The number of nitrogens with zero attached hydrogens (tertiary/aromatic N) is 2. The quantitative estimate of drug-likeness (QED) is 0.669. The first-order chi connectivity index (χ1) is 14.6. The first-order valence-electron chi connectivity index (χ1n) is 10.6. The fourth-order valence-electron chi connectivity index (χ4n) is 4.11. The van der Waals surface area contributed by atoms with Crippen molar-refractivity contribution in [3.8, 4) is 0 Å². The van der Waals surface area contributed by atoms with E-state index < -0.39 is 0 Å². The molecular formula is C26H29N3O. The van der Waals surface area contributed by atoms with Crippen LogP contribution in [0.25, 0.3) is 0 Å². The van der Waals surface area contributed by atoms with Gasteiger partial charge in [0.2, 0.25) is 5.91 Å². The van der Waals surface area contributed by atoms with Crippen LogP contribution in [0.1, 0.15) is 22.7 Å². The minimum atomic E-state index is -0.302. The summed E-state index contributed by atoms with van der Waals surface area (Å²) in [4.78, 5) is 18.2. The highest BCUT2D eigenvalue weighted by molar-refractivity contribution is 5.96. The van der Waals surface area contributed by atoms with E-state index in [0.717, 1.165) is 48.6 Å². The van der Waals surface area contributed by atoms with Crippen molar-refractivity contribution in [1.29, 1.82) is 0 Å². The zero-order valence-electron chi connectivity index (χ0n) is 17.7. The van der Waals surface area contributed by atoms with E-state index in [1.807, 2.05) is 44.2 Å². The van der Waals surface area contributed by atoms with Gasteiger partial charge in [0.15, 0.2) is 0 Å². The molecule has 1 amide bonds. The first kappa shape index (κ1) is 20.2. The molecule has 4 heteroatoms. The molecule has 0 radical (unpaired) electrons. The maximum absolute atomic E-state index is 13.5. The van der Waals surface area contributed by atoms with Crippen LogP contribution in [0.15, 0.2) is 78.9 Å². The van der Waals surface area contributed by atoms with Crippen LogP contribution < -0.4 is 10.2 Å². The molecule has 0 saturated carbocycles. The van der Waals surface area contributed by atoms with Gasteiger partial charge in [-0.05, 0) is 48.7 Å². The lowest BCUT2D eigenvalue weighted by Crippen LogP contribution is -2.50. The zero-order chi connectivity index (χ0) is 20.9. The molecule has 30 heavy (non-hydrogen) atoms. The van der Waals surface area contributed by atoms with Crippen molar-refractivity contribution in [2.75, 3.05) is 36.4 Å². The summed E-state index contributed by atoms with van der Waals surface area (Å²) in [7, 11) is 0. The van der Waals surface area contributed by atoms with Gasteiger partial charge in [0.05, 0.1) is 0 Å². The predicted molar refractivity (Wildman–Crippen MR) is 124 cm³/mol. The SMILES string of the molecule is Cc1ccc(C)c(NC(=O)[C@H](c2ccccc2)N2CCN(c3ccccc3)CC2)c1. The van der Waals surface area contributed by atoms with Gasteiger partial charge in [-0.1, -0.05) is 60.7 Å². The zero-order valence-corrected chi connectivity index (χ0v) is 17.7. The number of piperazine rings is 1. The van der Waals surface area contributed by atoms with Crippen LogP contribution in [0, 0.1) is 13.8 Å². The molecule has 4 rings (SSSR count). The van der Waals surface area contributed by atoms with Crippen molar-refractivity contribution in [2.45, 2.75) is 19.9 Å². The van der Waals surface area contributed by atoms with Crippen LogP contribution in [-0.4, -0.2) is 37.0 Å². The number of hydrogen-bond donors (Lipinski definition) is 1. The molecule has 0 spiro atoms. The smallest absolute Gasteiger partial charge is 0.246 e. The topological polar surface area (TPSA) is 35.6 Å². The lowest BCUT2D eigenvalue weighted by molar-refractivity contribution is -0.121. The number of benzene rings is 3. The summed E-state index contributed by atoms with van der Waals surface area (Å²) in [5, 5.41) is 3.20. The summed E-state index contributed by atoms with van der Waals surface area (Å²) in [5.74, 6) is 0.0306. The molecule has 1 aliphatic rings. The number of aryl methyl sites for hydroxylation is 2. The van der Waals surface area contributed by atoms with E-state index in [2.05, 4.69) is 63.6 Å². The van der Waals surface area contributed by atoms with E-state index in [0.29, 0.717) is 0 Å². The Balaban J connectivity index is 1.54. The molecular weight excluding hydrogens is 370 g/mol. The van der Waals surface area contributed by atoms with Gasteiger partial charge in [0.25, 0.3) is 0 Å². The Morgan fingerprint density at radius 1 is 0.833 bits per heavy atom.